The van der Waals surface area contributed by atoms with Crippen LogP contribution in [0.3, 0.4) is 0 Å². The van der Waals surface area contributed by atoms with E-state index in [1.165, 1.54) is 28.8 Å². The summed E-state index contributed by atoms with van der Waals surface area (Å²) in [7, 11) is 0. The molecule has 3 aromatic rings. The van der Waals surface area contributed by atoms with Crippen molar-refractivity contribution in [1.82, 2.24) is 9.55 Å². The fourth-order valence-corrected chi connectivity index (χ4v) is 3.60. The lowest BCUT2D eigenvalue weighted by molar-refractivity contribution is -0.242. The maximum absolute atomic E-state index is 14.2. The Balaban J connectivity index is 1.68. The molecule has 0 saturated heterocycles. The van der Waals surface area contributed by atoms with Crippen molar-refractivity contribution in [2.24, 2.45) is 5.92 Å². The molecule has 154 valence electrons. The molecule has 1 aromatic heterocycles. The fraction of sp³-hybridized carbons (Fsp3) is 0.286. The summed E-state index contributed by atoms with van der Waals surface area (Å²) in [6, 6.07) is 10.1. The first-order valence-corrected chi connectivity index (χ1v) is 9.15. The van der Waals surface area contributed by atoms with E-state index in [0.717, 1.165) is 6.92 Å². The van der Waals surface area contributed by atoms with Crippen LogP contribution in [0, 0.1) is 18.3 Å². The molecule has 0 aliphatic heterocycles. The molecule has 1 aliphatic carbocycles. The van der Waals surface area contributed by atoms with E-state index in [4.69, 9.17) is 6.57 Å². The Kier molecular flexibility index (Phi) is 4.53. The molecule has 5 nitrogen and oxygen atoms in total. The first-order valence-electron chi connectivity index (χ1n) is 9.15. The number of amides is 1. The summed E-state index contributed by atoms with van der Waals surface area (Å²) < 4.78 is 55.8. The molecule has 1 saturated carbocycles. The van der Waals surface area contributed by atoms with Crippen LogP contribution in [0.1, 0.15) is 19.8 Å². The number of alkyl halides is 3. The van der Waals surface area contributed by atoms with Crippen LogP contribution in [0.25, 0.3) is 21.6 Å². The highest BCUT2D eigenvalue weighted by Crippen LogP contribution is 2.55. The quantitative estimate of drug-likeness (QED) is 0.456. The third kappa shape index (κ3) is 3.18. The van der Waals surface area contributed by atoms with Crippen molar-refractivity contribution in [3.8, 4) is 5.69 Å². The summed E-state index contributed by atoms with van der Waals surface area (Å²) in [6.07, 6.45) is -1.13. The van der Waals surface area contributed by atoms with Gasteiger partial charge in [0.2, 0.25) is 11.9 Å². The Morgan fingerprint density at radius 3 is 2.57 bits per heavy atom. The number of rotatable bonds is 4. The van der Waals surface area contributed by atoms with E-state index in [-0.39, 0.29) is 5.95 Å². The second-order valence-electron chi connectivity index (χ2n) is 7.47. The van der Waals surface area contributed by atoms with E-state index in [9.17, 15) is 22.4 Å². The summed E-state index contributed by atoms with van der Waals surface area (Å²) in [5.74, 6) is -5.61. The molecule has 2 atom stereocenters. The van der Waals surface area contributed by atoms with Crippen molar-refractivity contribution in [3.63, 3.8) is 0 Å². The molecule has 0 spiro atoms. The SMILES string of the molecule is [C-]#[N+]c1ccc2nc(NC(=O)CC3CC(F)(F)C3(C)F)n(-c3ccc(F)cc3)c2c1. The van der Waals surface area contributed by atoms with Crippen molar-refractivity contribution >= 4 is 28.6 Å². The van der Waals surface area contributed by atoms with Crippen LogP contribution in [0.5, 0.6) is 0 Å². The first kappa shape index (κ1) is 19.9. The summed E-state index contributed by atoms with van der Waals surface area (Å²) >= 11 is 0. The smallest absolute Gasteiger partial charge is 0.281 e. The van der Waals surface area contributed by atoms with Crippen LogP contribution in [0.2, 0.25) is 0 Å². The normalized spacial score (nSPS) is 22.3. The summed E-state index contributed by atoms with van der Waals surface area (Å²) in [5, 5.41) is 2.54. The average molecular weight is 416 g/mol. The molecule has 2 unspecified atom stereocenters. The minimum absolute atomic E-state index is 0.0652. The van der Waals surface area contributed by atoms with Gasteiger partial charge in [-0.15, -0.1) is 0 Å². The predicted molar refractivity (Wildman–Crippen MR) is 103 cm³/mol. The van der Waals surface area contributed by atoms with Gasteiger partial charge in [-0.3, -0.25) is 14.7 Å². The second kappa shape index (κ2) is 6.83. The third-order valence-electron chi connectivity index (χ3n) is 5.52. The molecule has 1 heterocycles. The van der Waals surface area contributed by atoms with E-state index in [1.807, 2.05) is 0 Å². The molecule has 0 radical (unpaired) electrons. The number of carbonyl (C=O) groups is 1. The van der Waals surface area contributed by atoms with Crippen molar-refractivity contribution in [2.45, 2.75) is 31.4 Å². The van der Waals surface area contributed by atoms with Crippen LogP contribution in [-0.4, -0.2) is 27.0 Å². The van der Waals surface area contributed by atoms with Crippen LogP contribution in [0.15, 0.2) is 42.5 Å². The number of hydrogen-bond acceptors (Lipinski definition) is 2. The molecule has 1 N–H and O–H groups in total. The van der Waals surface area contributed by atoms with Crippen molar-refractivity contribution in [2.75, 3.05) is 5.32 Å². The van der Waals surface area contributed by atoms with Gasteiger partial charge in [0.1, 0.15) is 5.82 Å². The average Bonchev–Trinajstić information content (AvgIpc) is 3.04. The fourth-order valence-electron chi connectivity index (χ4n) is 3.60. The van der Waals surface area contributed by atoms with E-state index < -0.39 is 42.1 Å². The Hall–Kier alpha value is -3.41. The molecule has 1 aliphatic rings. The summed E-state index contributed by atoms with van der Waals surface area (Å²) in [5.41, 5.74) is -0.967. The number of nitrogens with zero attached hydrogens (tertiary/aromatic N) is 3. The van der Waals surface area contributed by atoms with E-state index in [2.05, 4.69) is 15.1 Å². The van der Waals surface area contributed by atoms with Gasteiger partial charge < -0.3 is 0 Å². The van der Waals surface area contributed by atoms with Gasteiger partial charge >= 0.3 is 0 Å². The number of nitrogens with one attached hydrogen (secondary N) is 1. The van der Waals surface area contributed by atoms with Crippen LogP contribution in [0.4, 0.5) is 29.2 Å². The number of fused-ring (bicyclic) bond motifs is 1. The maximum Gasteiger partial charge on any atom is 0.281 e. The standard InChI is InChI=1S/C21H16F4N4O/c1-20(23)12(11-21(20,24)25)9-18(30)28-19-27-16-8-5-14(26-2)10-17(16)29(19)15-6-3-13(22)4-7-15/h3-8,10,12H,9,11H2,1H3,(H,27,28,30). The van der Waals surface area contributed by atoms with Gasteiger partial charge in [-0.2, -0.15) is 0 Å². The zero-order valence-corrected chi connectivity index (χ0v) is 15.8. The molecule has 9 heteroatoms. The lowest BCUT2D eigenvalue weighted by Gasteiger charge is -2.47. The van der Waals surface area contributed by atoms with Gasteiger partial charge in [-0.1, -0.05) is 6.07 Å². The Labute approximate surface area is 169 Å². The molecule has 0 bridgehead atoms. The maximum atomic E-state index is 14.2. The molecule has 4 rings (SSSR count). The van der Waals surface area contributed by atoms with E-state index in [0.29, 0.717) is 22.4 Å². The molecule has 2 aromatic carbocycles. The van der Waals surface area contributed by atoms with Crippen molar-refractivity contribution < 1.29 is 22.4 Å². The van der Waals surface area contributed by atoms with Gasteiger partial charge in [0.25, 0.3) is 5.92 Å². The highest BCUT2D eigenvalue weighted by molar-refractivity contribution is 5.93. The topological polar surface area (TPSA) is 51.3 Å². The number of carbonyl (C=O) groups excluding carboxylic acids is 1. The van der Waals surface area contributed by atoms with Crippen molar-refractivity contribution in [1.29, 1.82) is 0 Å². The minimum Gasteiger partial charge on any atom is -0.296 e. The molecule has 1 amide bonds. The Morgan fingerprint density at radius 1 is 1.27 bits per heavy atom. The number of imidazole rings is 1. The lowest BCUT2D eigenvalue weighted by Crippen LogP contribution is -2.60. The number of anilines is 1. The van der Waals surface area contributed by atoms with Crippen LogP contribution < -0.4 is 5.32 Å². The molecular weight excluding hydrogens is 400 g/mol. The number of hydrogen-bond donors (Lipinski definition) is 1. The summed E-state index contributed by atoms with van der Waals surface area (Å²) in [4.78, 5) is 20.2. The van der Waals surface area contributed by atoms with Gasteiger partial charge in [-0.25, -0.2) is 27.4 Å². The third-order valence-corrected chi connectivity index (χ3v) is 5.52. The van der Waals surface area contributed by atoms with Gasteiger partial charge in [0.05, 0.1) is 17.6 Å². The van der Waals surface area contributed by atoms with Crippen LogP contribution >= 0.6 is 0 Å². The lowest BCUT2D eigenvalue weighted by atomic mass is 9.67. The van der Waals surface area contributed by atoms with E-state index >= 15 is 0 Å². The van der Waals surface area contributed by atoms with Gasteiger partial charge in [-0.05, 0) is 43.3 Å². The number of aromatic nitrogens is 2. The molecular formula is C21H16F4N4O. The highest BCUT2D eigenvalue weighted by Gasteiger charge is 2.66. The number of halogens is 4. The minimum atomic E-state index is -3.45. The van der Waals surface area contributed by atoms with Crippen molar-refractivity contribution in [3.05, 3.63) is 59.7 Å². The van der Waals surface area contributed by atoms with E-state index in [1.54, 1.807) is 18.2 Å². The predicted octanol–water partition coefficient (Wildman–Crippen LogP) is 5.43. The Morgan fingerprint density at radius 2 is 1.97 bits per heavy atom. The first-order chi connectivity index (χ1) is 14.1. The second-order valence-corrected chi connectivity index (χ2v) is 7.47. The zero-order valence-electron chi connectivity index (χ0n) is 15.8. The molecule has 30 heavy (non-hydrogen) atoms. The molecule has 1 fully saturated rings. The summed E-state index contributed by atoms with van der Waals surface area (Å²) in [6.45, 7) is 7.99. The highest BCUT2D eigenvalue weighted by atomic mass is 19.3. The Bertz CT molecular complexity index is 1180. The zero-order chi connectivity index (χ0) is 21.7. The van der Waals surface area contributed by atoms with Gasteiger partial charge in [0.15, 0.2) is 11.4 Å². The van der Waals surface area contributed by atoms with Gasteiger partial charge in [0, 0.05) is 24.4 Å². The monoisotopic (exact) mass is 416 g/mol. The number of benzene rings is 2. The van der Waals surface area contributed by atoms with Crippen LogP contribution in [-0.2, 0) is 4.79 Å². The largest absolute Gasteiger partial charge is 0.296 e.